The lowest BCUT2D eigenvalue weighted by atomic mass is 10.0. The largest absolute Gasteiger partial charge is 0.497 e. The highest BCUT2D eigenvalue weighted by Gasteiger charge is 2.19. The van der Waals surface area contributed by atoms with E-state index < -0.39 is 0 Å². The molecule has 0 saturated heterocycles. The Morgan fingerprint density at radius 3 is 3.00 bits per heavy atom. The molecule has 0 fully saturated rings. The first-order chi connectivity index (χ1) is 8.69. The van der Waals surface area contributed by atoms with E-state index in [1.54, 1.807) is 7.11 Å². The monoisotopic (exact) mass is 243 g/mol. The zero-order valence-electron chi connectivity index (χ0n) is 10.7. The fourth-order valence-electron chi connectivity index (χ4n) is 2.52. The number of rotatable bonds is 1. The van der Waals surface area contributed by atoms with Gasteiger partial charge in [0.05, 0.1) is 12.6 Å². The van der Waals surface area contributed by atoms with E-state index in [0.29, 0.717) is 0 Å². The fraction of sp³-hybridized carbons (Fsp3) is 0.357. The molecule has 1 aromatic heterocycles. The molecule has 2 aromatic rings. The molecule has 94 valence electrons. The Labute approximate surface area is 106 Å². The average molecular weight is 243 g/mol. The third-order valence-electron chi connectivity index (χ3n) is 3.58. The summed E-state index contributed by atoms with van der Waals surface area (Å²) in [5, 5.41) is 0.989. The van der Waals surface area contributed by atoms with Crippen LogP contribution < -0.4 is 10.5 Å². The summed E-state index contributed by atoms with van der Waals surface area (Å²) < 4.78 is 5.25. The molecule has 0 bridgehead atoms. The first-order valence-corrected chi connectivity index (χ1v) is 6.12. The third kappa shape index (κ3) is 1.69. The average Bonchev–Trinajstić information content (AvgIpc) is 2.40. The molecule has 1 aliphatic rings. The van der Waals surface area contributed by atoms with E-state index in [4.69, 9.17) is 15.5 Å². The number of hydrogen-bond acceptors (Lipinski definition) is 4. The maximum absolute atomic E-state index is 6.30. The number of aromatic nitrogens is 1. The topological polar surface area (TPSA) is 51.4 Å². The molecule has 0 radical (unpaired) electrons. The molecule has 0 spiro atoms. The van der Waals surface area contributed by atoms with Crippen molar-refractivity contribution < 1.29 is 4.74 Å². The van der Waals surface area contributed by atoms with E-state index in [9.17, 15) is 0 Å². The minimum absolute atomic E-state index is 0.820. The molecule has 0 aliphatic carbocycles. The Hall–Kier alpha value is -1.81. The van der Waals surface area contributed by atoms with Crippen molar-refractivity contribution in [2.24, 2.45) is 0 Å². The molecule has 4 heteroatoms. The highest BCUT2D eigenvalue weighted by atomic mass is 16.5. The third-order valence-corrected chi connectivity index (χ3v) is 3.58. The van der Waals surface area contributed by atoms with Crippen LogP contribution in [0.2, 0.25) is 0 Å². The lowest BCUT2D eigenvalue weighted by Crippen LogP contribution is -2.28. The maximum atomic E-state index is 6.30. The van der Waals surface area contributed by atoms with Crippen LogP contribution >= 0.6 is 0 Å². The number of methoxy groups -OCH3 is 1. The lowest BCUT2D eigenvalue weighted by molar-refractivity contribution is 0.311. The molecule has 18 heavy (non-hydrogen) atoms. The number of anilines is 1. The summed E-state index contributed by atoms with van der Waals surface area (Å²) in [5.41, 5.74) is 10.4. The van der Waals surface area contributed by atoms with Gasteiger partial charge in [-0.1, -0.05) is 0 Å². The highest BCUT2D eigenvalue weighted by molar-refractivity contribution is 5.93. The van der Waals surface area contributed by atoms with Gasteiger partial charge in [0.1, 0.15) is 5.75 Å². The molecule has 2 N–H and O–H groups in total. The first-order valence-electron chi connectivity index (χ1n) is 6.12. The Morgan fingerprint density at radius 1 is 1.39 bits per heavy atom. The van der Waals surface area contributed by atoms with Gasteiger partial charge in [0.2, 0.25) is 0 Å². The number of benzene rings is 1. The number of pyridine rings is 1. The van der Waals surface area contributed by atoms with Crippen LogP contribution in [-0.2, 0) is 13.0 Å². The van der Waals surface area contributed by atoms with E-state index in [-0.39, 0.29) is 0 Å². The van der Waals surface area contributed by atoms with Crippen molar-refractivity contribution >= 4 is 16.6 Å². The Morgan fingerprint density at radius 2 is 2.22 bits per heavy atom. The van der Waals surface area contributed by atoms with Crippen LogP contribution in [0.5, 0.6) is 5.75 Å². The number of hydrogen-bond donors (Lipinski definition) is 1. The maximum Gasteiger partial charge on any atom is 0.119 e. The zero-order chi connectivity index (χ0) is 12.7. The number of nitrogens with zero attached hydrogens (tertiary/aromatic N) is 2. The normalized spacial score (nSPS) is 15.7. The van der Waals surface area contributed by atoms with Crippen LogP contribution in [0.15, 0.2) is 18.2 Å². The highest BCUT2D eigenvalue weighted by Crippen LogP contribution is 2.31. The van der Waals surface area contributed by atoms with Crippen LogP contribution in [0.25, 0.3) is 10.9 Å². The van der Waals surface area contributed by atoms with Gasteiger partial charge in [-0.25, -0.2) is 0 Å². The second-order valence-electron chi connectivity index (χ2n) is 4.82. The SMILES string of the molecule is COc1ccc2nc3c(c(N)c2c1)CN(C)CC3. The van der Waals surface area contributed by atoms with Gasteiger partial charge < -0.3 is 15.4 Å². The summed E-state index contributed by atoms with van der Waals surface area (Å²) in [6.07, 6.45) is 0.970. The van der Waals surface area contributed by atoms with Crippen molar-refractivity contribution in [1.82, 2.24) is 9.88 Å². The molecule has 0 saturated carbocycles. The van der Waals surface area contributed by atoms with E-state index in [2.05, 4.69) is 11.9 Å². The molecule has 0 amide bonds. The molecular weight excluding hydrogens is 226 g/mol. The second kappa shape index (κ2) is 4.14. The minimum Gasteiger partial charge on any atom is -0.497 e. The van der Waals surface area contributed by atoms with E-state index in [1.165, 1.54) is 5.56 Å². The van der Waals surface area contributed by atoms with Gasteiger partial charge in [-0.15, -0.1) is 0 Å². The van der Waals surface area contributed by atoms with Crippen LogP contribution in [0.3, 0.4) is 0 Å². The van der Waals surface area contributed by atoms with E-state index in [0.717, 1.165) is 47.5 Å². The standard InChI is InChI=1S/C14H17N3O/c1-17-6-5-13-11(8-17)14(15)10-7-9(18-2)3-4-12(10)16-13/h3-4,7H,5-6,8H2,1-2H3,(H2,15,16). The van der Waals surface area contributed by atoms with Crippen molar-refractivity contribution in [1.29, 1.82) is 0 Å². The predicted octanol–water partition coefficient (Wildman–Crippen LogP) is 1.81. The molecule has 4 nitrogen and oxygen atoms in total. The van der Waals surface area contributed by atoms with Gasteiger partial charge in [-0.3, -0.25) is 4.98 Å². The summed E-state index contributed by atoms with van der Waals surface area (Å²) in [5.74, 6) is 0.820. The summed E-state index contributed by atoms with van der Waals surface area (Å²) in [6.45, 7) is 1.92. The molecule has 0 atom stereocenters. The van der Waals surface area contributed by atoms with Gasteiger partial charge >= 0.3 is 0 Å². The van der Waals surface area contributed by atoms with Gasteiger partial charge in [0.25, 0.3) is 0 Å². The molecular formula is C14H17N3O. The Bertz CT molecular complexity index is 610. The fourth-order valence-corrected chi connectivity index (χ4v) is 2.52. The van der Waals surface area contributed by atoms with Crippen LogP contribution in [0, 0.1) is 0 Å². The van der Waals surface area contributed by atoms with E-state index >= 15 is 0 Å². The van der Waals surface area contributed by atoms with E-state index in [1.807, 2.05) is 18.2 Å². The molecule has 1 aliphatic heterocycles. The van der Waals surface area contributed by atoms with Crippen molar-refractivity contribution in [3.05, 3.63) is 29.5 Å². The van der Waals surface area contributed by atoms with Crippen LogP contribution in [0.4, 0.5) is 5.69 Å². The predicted molar refractivity (Wildman–Crippen MR) is 72.7 cm³/mol. The smallest absolute Gasteiger partial charge is 0.119 e. The molecule has 0 unspecified atom stereocenters. The van der Waals surface area contributed by atoms with Crippen molar-refractivity contribution in [3.63, 3.8) is 0 Å². The first kappa shape index (κ1) is 11.3. The van der Waals surface area contributed by atoms with Crippen LogP contribution in [-0.4, -0.2) is 30.6 Å². The number of likely N-dealkylation sites (N-methyl/N-ethyl adjacent to an activating group) is 1. The second-order valence-corrected chi connectivity index (χ2v) is 4.82. The Kier molecular flexibility index (Phi) is 2.59. The van der Waals surface area contributed by atoms with Crippen molar-refractivity contribution in [2.75, 3.05) is 26.4 Å². The quantitative estimate of drug-likeness (QED) is 0.830. The molecule has 1 aromatic carbocycles. The van der Waals surface area contributed by atoms with Crippen molar-refractivity contribution in [2.45, 2.75) is 13.0 Å². The zero-order valence-corrected chi connectivity index (χ0v) is 10.7. The van der Waals surface area contributed by atoms with Crippen LogP contribution in [0.1, 0.15) is 11.3 Å². The summed E-state index contributed by atoms with van der Waals surface area (Å²) in [4.78, 5) is 6.99. The van der Waals surface area contributed by atoms with Gasteiger partial charge in [-0.2, -0.15) is 0 Å². The van der Waals surface area contributed by atoms with Gasteiger partial charge in [0.15, 0.2) is 0 Å². The summed E-state index contributed by atoms with van der Waals surface area (Å²) in [6, 6.07) is 5.87. The summed E-state index contributed by atoms with van der Waals surface area (Å²) in [7, 11) is 3.77. The number of nitrogen functional groups attached to an aromatic ring is 1. The van der Waals surface area contributed by atoms with Gasteiger partial charge in [0, 0.05) is 41.8 Å². The Balaban J connectivity index is 2.24. The van der Waals surface area contributed by atoms with Gasteiger partial charge in [-0.05, 0) is 25.2 Å². The number of nitrogens with two attached hydrogens (primary N) is 1. The summed E-state index contributed by atoms with van der Waals surface area (Å²) >= 11 is 0. The number of fused-ring (bicyclic) bond motifs is 2. The molecule has 2 heterocycles. The number of ether oxygens (including phenoxy) is 1. The molecule has 3 rings (SSSR count). The van der Waals surface area contributed by atoms with Crippen molar-refractivity contribution in [3.8, 4) is 5.75 Å². The minimum atomic E-state index is 0.820. The lowest BCUT2D eigenvalue weighted by Gasteiger charge is -2.26.